The minimum Gasteiger partial charge on any atom is -0.496 e. The molecule has 18 heavy (non-hydrogen) atoms. The maximum absolute atomic E-state index is 12.1. The summed E-state index contributed by atoms with van der Waals surface area (Å²) >= 11 is 5.83. The van der Waals surface area contributed by atoms with Gasteiger partial charge < -0.3 is 9.84 Å². The van der Waals surface area contributed by atoms with Gasteiger partial charge in [0.05, 0.1) is 25.3 Å². The molecule has 0 aromatic heterocycles. The highest BCUT2D eigenvalue weighted by molar-refractivity contribution is 6.31. The highest BCUT2D eigenvalue weighted by atomic mass is 35.5. The van der Waals surface area contributed by atoms with Crippen LogP contribution in [0.5, 0.6) is 5.75 Å². The summed E-state index contributed by atoms with van der Waals surface area (Å²) in [6.07, 6.45) is 0. The highest BCUT2D eigenvalue weighted by Gasteiger charge is 2.19. The predicted molar refractivity (Wildman–Crippen MR) is 67.4 cm³/mol. The van der Waals surface area contributed by atoms with E-state index in [0.29, 0.717) is 16.3 Å². The van der Waals surface area contributed by atoms with Crippen molar-refractivity contribution in [3.63, 3.8) is 0 Å². The van der Waals surface area contributed by atoms with Crippen molar-refractivity contribution < 1.29 is 19.4 Å². The lowest BCUT2D eigenvalue weighted by Gasteiger charge is -2.13. The van der Waals surface area contributed by atoms with Gasteiger partial charge in [0, 0.05) is 5.02 Å². The average Bonchev–Trinajstić information content (AvgIpc) is 2.34. The van der Waals surface area contributed by atoms with Gasteiger partial charge in [-0.25, -0.2) is 0 Å². The zero-order valence-corrected chi connectivity index (χ0v) is 10.8. The molecule has 1 aromatic rings. The molecule has 98 valence electrons. The first-order valence-electron chi connectivity index (χ1n) is 5.28. The van der Waals surface area contributed by atoms with Gasteiger partial charge in [-0.1, -0.05) is 11.6 Å². The Morgan fingerprint density at radius 2 is 2.17 bits per heavy atom. The molecule has 0 aliphatic carbocycles. The predicted octanol–water partition coefficient (Wildman–Crippen LogP) is 1.59. The molecule has 0 aliphatic heterocycles. The van der Waals surface area contributed by atoms with Crippen LogP contribution >= 0.6 is 11.6 Å². The first kappa shape index (κ1) is 14.5. The van der Waals surface area contributed by atoms with Crippen LogP contribution in [0.3, 0.4) is 0 Å². The Kier molecular flexibility index (Phi) is 5.12. The third-order valence-electron chi connectivity index (χ3n) is 2.38. The van der Waals surface area contributed by atoms with Gasteiger partial charge in [0.2, 0.25) is 0 Å². The van der Waals surface area contributed by atoms with Crippen LogP contribution in [0, 0.1) is 0 Å². The lowest BCUT2D eigenvalue weighted by Crippen LogP contribution is -2.37. The van der Waals surface area contributed by atoms with Gasteiger partial charge in [-0.05, 0) is 25.1 Å². The zero-order valence-electron chi connectivity index (χ0n) is 10.1. The first-order valence-corrected chi connectivity index (χ1v) is 5.66. The Labute approximate surface area is 110 Å². The summed E-state index contributed by atoms with van der Waals surface area (Å²) in [5, 5.41) is 11.6. The summed E-state index contributed by atoms with van der Waals surface area (Å²) in [4.78, 5) is 22.5. The number of hydrogen-bond donors (Lipinski definition) is 2. The number of rotatable bonds is 6. The molecule has 6 heteroatoms. The normalized spacial score (nSPS) is 11.9. The quantitative estimate of drug-likeness (QED) is 0.769. The largest absolute Gasteiger partial charge is 0.496 e. The van der Waals surface area contributed by atoms with Crippen molar-refractivity contribution in [1.29, 1.82) is 0 Å². The SMILES string of the molecule is COc1ccc(Cl)cc1C(=O)C(C)NCC(=O)O. The van der Waals surface area contributed by atoms with Gasteiger partial charge in [0.15, 0.2) is 5.78 Å². The molecule has 1 aromatic carbocycles. The lowest BCUT2D eigenvalue weighted by molar-refractivity contribution is -0.136. The highest BCUT2D eigenvalue weighted by Crippen LogP contribution is 2.23. The zero-order chi connectivity index (χ0) is 13.7. The van der Waals surface area contributed by atoms with E-state index in [0.717, 1.165) is 0 Å². The number of methoxy groups -OCH3 is 1. The number of halogens is 1. The van der Waals surface area contributed by atoms with E-state index in [1.54, 1.807) is 19.1 Å². The van der Waals surface area contributed by atoms with E-state index >= 15 is 0 Å². The van der Waals surface area contributed by atoms with E-state index < -0.39 is 12.0 Å². The minimum atomic E-state index is -1.02. The fourth-order valence-electron chi connectivity index (χ4n) is 1.44. The van der Waals surface area contributed by atoms with Crippen LogP contribution in [0.2, 0.25) is 5.02 Å². The lowest BCUT2D eigenvalue weighted by atomic mass is 10.0. The van der Waals surface area contributed by atoms with Gasteiger partial charge >= 0.3 is 5.97 Å². The molecule has 0 aliphatic rings. The Balaban J connectivity index is 2.88. The van der Waals surface area contributed by atoms with Crippen LogP contribution in [0.25, 0.3) is 0 Å². The summed E-state index contributed by atoms with van der Waals surface area (Å²) in [6.45, 7) is 1.31. The van der Waals surface area contributed by atoms with Crippen molar-refractivity contribution in [3.05, 3.63) is 28.8 Å². The Hall–Kier alpha value is -1.59. The van der Waals surface area contributed by atoms with Crippen LogP contribution in [0.4, 0.5) is 0 Å². The van der Waals surface area contributed by atoms with E-state index in [4.69, 9.17) is 21.4 Å². The average molecular weight is 272 g/mol. The molecule has 5 nitrogen and oxygen atoms in total. The number of nitrogens with one attached hydrogen (secondary N) is 1. The molecular formula is C12H14ClNO4. The number of carboxylic acid groups (broad SMARTS) is 1. The number of ether oxygens (including phenoxy) is 1. The number of carbonyl (C=O) groups excluding carboxylic acids is 1. The molecule has 0 bridgehead atoms. The molecule has 0 fully saturated rings. The number of hydrogen-bond acceptors (Lipinski definition) is 4. The number of carbonyl (C=O) groups is 2. The molecule has 0 spiro atoms. The fourth-order valence-corrected chi connectivity index (χ4v) is 1.61. The van der Waals surface area contributed by atoms with E-state index in [1.807, 2.05) is 0 Å². The van der Waals surface area contributed by atoms with E-state index in [1.165, 1.54) is 13.2 Å². The molecule has 0 saturated heterocycles. The van der Waals surface area contributed by atoms with Crippen LogP contribution in [-0.2, 0) is 4.79 Å². The molecule has 1 unspecified atom stereocenters. The minimum absolute atomic E-state index is 0.268. The van der Waals surface area contributed by atoms with Gasteiger partial charge in [-0.2, -0.15) is 0 Å². The van der Waals surface area contributed by atoms with Gasteiger partial charge in [-0.3, -0.25) is 14.9 Å². The van der Waals surface area contributed by atoms with Crippen molar-refractivity contribution in [1.82, 2.24) is 5.32 Å². The Morgan fingerprint density at radius 3 is 2.72 bits per heavy atom. The fraction of sp³-hybridized carbons (Fsp3) is 0.333. The number of ketones is 1. The molecule has 0 amide bonds. The Bertz CT molecular complexity index is 461. The maximum Gasteiger partial charge on any atom is 0.317 e. The molecule has 2 N–H and O–H groups in total. The van der Waals surface area contributed by atoms with E-state index in [9.17, 15) is 9.59 Å². The topological polar surface area (TPSA) is 75.6 Å². The second-order valence-corrected chi connectivity index (χ2v) is 4.14. The third-order valence-corrected chi connectivity index (χ3v) is 2.61. The van der Waals surface area contributed by atoms with Gasteiger partial charge in [0.1, 0.15) is 5.75 Å². The second kappa shape index (κ2) is 6.37. The maximum atomic E-state index is 12.1. The van der Waals surface area contributed by atoms with Gasteiger partial charge in [-0.15, -0.1) is 0 Å². The molecule has 0 radical (unpaired) electrons. The van der Waals surface area contributed by atoms with Crippen LogP contribution in [-0.4, -0.2) is 36.6 Å². The molecule has 0 heterocycles. The number of Topliss-reactive ketones (excluding diaryl/α,β-unsaturated/α-hetero) is 1. The van der Waals surface area contributed by atoms with Crippen molar-refractivity contribution in [2.45, 2.75) is 13.0 Å². The van der Waals surface area contributed by atoms with Crippen LogP contribution in [0.15, 0.2) is 18.2 Å². The summed E-state index contributed by atoms with van der Waals surface area (Å²) in [5.74, 6) is -0.878. The Morgan fingerprint density at radius 1 is 1.50 bits per heavy atom. The first-order chi connectivity index (χ1) is 8.45. The standard InChI is InChI=1S/C12H14ClNO4/c1-7(14-6-11(15)16)12(17)9-5-8(13)3-4-10(9)18-2/h3-5,7,14H,6H2,1-2H3,(H,15,16). The number of carboxylic acids is 1. The number of aliphatic carboxylic acids is 1. The summed E-state index contributed by atoms with van der Waals surface area (Å²) in [5.41, 5.74) is 0.329. The van der Waals surface area contributed by atoms with Crippen LogP contribution < -0.4 is 10.1 Å². The molecule has 1 atom stereocenters. The van der Waals surface area contributed by atoms with Crippen molar-refractivity contribution in [2.75, 3.05) is 13.7 Å². The van der Waals surface area contributed by atoms with Crippen LogP contribution in [0.1, 0.15) is 17.3 Å². The summed E-state index contributed by atoms with van der Waals surface area (Å²) in [6, 6.07) is 4.08. The van der Waals surface area contributed by atoms with Crippen molar-refractivity contribution in [3.8, 4) is 5.75 Å². The molecule has 1 rings (SSSR count). The van der Waals surface area contributed by atoms with Crippen molar-refractivity contribution >= 4 is 23.4 Å². The second-order valence-electron chi connectivity index (χ2n) is 3.71. The third kappa shape index (κ3) is 3.72. The summed E-state index contributed by atoms with van der Waals surface area (Å²) in [7, 11) is 1.45. The van der Waals surface area contributed by atoms with Crippen molar-refractivity contribution in [2.24, 2.45) is 0 Å². The number of benzene rings is 1. The molecule has 0 saturated carbocycles. The summed E-state index contributed by atoms with van der Waals surface area (Å²) < 4.78 is 5.07. The molecular weight excluding hydrogens is 258 g/mol. The van der Waals surface area contributed by atoms with Gasteiger partial charge in [0.25, 0.3) is 0 Å². The monoisotopic (exact) mass is 271 g/mol. The smallest absolute Gasteiger partial charge is 0.317 e. The van der Waals surface area contributed by atoms with E-state index in [-0.39, 0.29) is 12.3 Å². The van der Waals surface area contributed by atoms with E-state index in [2.05, 4.69) is 5.32 Å².